The third kappa shape index (κ3) is 2.18. The molecule has 0 aliphatic heterocycles. The van der Waals surface area contributed by atoms with Crippen molar-refractivity contribution in [1.82, 2.24) is 0 Å². The van der Waals surface area contributed by atoms with E-state index < -0.39 is 8.56 Å². The molecule has 0 saturated heterocycles. The predicted molar refractivity (Wildman–Crippen MR) is 91.9 cm³/mol. The van der Waals surface area contributed by atoms with Crippen molar-refractivity contribution in [3.63, 3.8) is 0 Å². The van der Waals surface area contributed by atoms with Crippen LogP contribution in [0.1, 0.15) is 58.3 Å². The minimum atomic E-state index is -2.02. The number of fused-ring (bicyclic) bond motifs is 4. The summed E-state index contributed by atoms with van der Waals surface area (Å²) in [6.07, 6.45) is 11.8. The topological polar surface area (TPSA) is 18.5 Å². The summed E-state index contributed by atoms with van der Waals surface area (Å²) in [5, 5.41) is 0. The maximum atomic E-state index is 6.25. The van der Waals surface area contributed by atoms with Gasteiger partial charge in [-0.3, -0.25) is 0 Å². The highest BCUT2D eigenvalue weighted by Crippen LogP contribution is 2.66. The Morgan fingerprint density at radius 2 is 1.59 bits per heavy atom. The zero-order chi connectivity index (χ0) is 15.3. The smallest absolute Gasteiger partial charge is 0.341 e. The maximum absolute atomic E-state index is 6.25. The Morgan fingerprint density at radius 1 is 0.864 bits per heavy atom. The molecule has 4 aliphatic carbocycles. The molecule has 0 heterocycles. The van der Waals surface area contributed by atoms with Crippen LogP contribution in [0.25, 0.3) is 0 Å². The molecule has 0 N–H and O–H groups in total. The third-order valence-corrected chi connectivity index (χ3v) is 12.5. The van der Waals surface area contributed by atoms with E-state index in [1.165, 1.54) is 44.6 Å². The van der Waals surface area contributed by atoms with Crippen LogP contribution in [0.15, 0.2) is 0 Å². The monoisotopic (exact) mass is 322 g/mol. The van der Waals surface area contributed by atoms with Gasteiger partial charge in [-0.15, -0.1) is 0 Å². The van der Waals surface area contributed by atoms with Gasteiger partial charge in [-0.1, -0.05) is 19.8 Å². The van der Waals surface area contributed by atoms with Crippen molar-refractivity contribution in [2.24, 2.45) is 35.5 Å². The molecule has 3 heteroatoms. The van der Waals surface area contributed by atoms with Gasteiger partial charge in [0.05, 0.1) is 0 Å². The Bertz CT molecular complexity index is 408. The summed E-state index contributed by atoms with van der Waals surface area (Å²) < 4.78 is 12.5. The van der Waals surface area contributed by atoms with E-state index in [-0.39, 0.29) is 0 Å². The Labute approximate surface area is 137 Å². The lowest BCUT2D eigenvalue weighted by Gasteiger charge is -2.46. The van der Waals surface area contributed by atoms with Crippen LogP contribution in [0.4, 0.5) is 0 Å². The number of hydrogen-bond donors (Lipinski definition) is 0. The second-order valence-electron chi connectivity index (χ2n) is 8.75. The largest absolute Gasteiger partial charge is 0.397 e. The first-order valence-electron chi connectivity index (χ1n) is 9.82. The van der Waals surface area contributed by atoms with Crippen molar-refractivity contribution in [3.05, 3.63) is 0 Å². The molecule has 7 unspecified atom stereocenters. The Hall–Kier alpha value is 0.137. The van der Waals surface area contributed by atoms with E-state index >= 15 is 0 Å². The molecule has 0 aromatic heterocycles. The van der Waals surface area contributed by atoms with E-state index in [0.717, 1.165) is 41.0 Å². The Morgan fingerprint density at radius 3 is 2.18 bits per heavy atom. The lowest BCUT2D eigenvalue weighted by Crippen LogP contribution is -2.51. The highest BCUT2D eigenvalue weighted by molar-refractivity contribution is 6.69. The van der Waals surface area contributed by atoms with Crippen molar-refractivity contribution < 1.29 is 8.85 Å². The molecule has 0 amide bonds. The number of rotatable bonds is 6. The molecule has 126 valence electrons. The lowest BCUT2D eigenvalue weighted by atomic mass is 9.72. The molecule has 4 aliphatic rings. The molecule has 0 radical (unpaired) electrons. The zero-order valence-electron chi connectivity index (χ0n) is 14.7. The highest BCUT2D eigenvalue weighted by Gasteiger charge is 2.62. The molecule has 4 rings (SSSR count). The molecule has 22 heavy (non-hydrogen) atoms. The van der Waals surface area contributed by atoms with Gasteiger partial charge in [-0.2, -0.15) is 0 Å². The van der Waals surface area contributed by atoms with Gasteiger partial charge in [0.2, 0.25) is 0 Å². The van der Waals surface area contributed by atoms with Gasteiger partial charge >= 0.3 is 8.56 Å². The quantitative estimate of drug-likeness (QED) is 0.642. The van der Waals surface area contributed by atoms with Crippen molar-refractivity contribution in [3.8, 4) is 0 Å². The van der Waals surface area contributed by atoms with Gasteiger partial charge in [0, 0.05) is 19.8 Å². The lowest BCUT2D eigenvalue weighted by molar-refractivity contribution is 0.126. The summed E-state index contributed by atoms with van der Waals surface area (Å²) in [6, 6.07) is 1.20. The standard InChI is InChI=1S/C19H34O2Si/c1-4-9-22(20-2,21-3)19-16-8-7-15(12-16)18(19)17-11-13-5-6-14(17)10-13/h13-19H,4-12H2,1-3H3. The predicted octanol–water partition coefficient (Wildman–Crippen LogP) is 4.98. The molecule has 0 aromatic carbocycles. The molecule has 0 aromatic rings. The van der Waals surface area contributed by atoms with Gasteiger partial charge in [0.15, 0.2) is 0 Å². The first kappa shape index (κ1) is 15.7. The van der Waals surface area contributed by atoms with Crippen LogP contribution in [0.3, 0.4) is 0 Å². The average molecular weight is 323 g/mol. The van der Waals surface area contributed by atoms with E-state index in [4.69, 9.17) is 8.85 Å². The minimum Gasteiger partial charge on any atom is -0.397 e. The van der Waals surface area contributed by atoms with Crippen molar-refractivity contribution >= 4 is 8.56 Å². The average Bonchev–Trinajstić information content (AvgIpc) is 3.31. The molecule has 4 bridgehead atoms. The van der Waals surface area contributed by atoms with Crippen LogP contribution < -0.4 is 0 Å². The second kappa shape index (κ2) is 5.89. The molecule has 0 spiro atoms. The normalized spacial score (nSPS) is 46.8. The molecule has 2 nitrogen and oxygen atoms in total. The summed E-state index contributed by atoms with van der Waals surface area (Å²) in [4.78, 5) is 0. The zero-order valence-corrected chi connectivity index (χ0v) is 15.7. The molecule has 4 fully saturated rings. The van der Waals surface area contributed by atoms with Crippen molar-refractivity contribution in [2.45, 2.75) is 69.9 Å². The first-order valence-corrected chi connectivity index (χ1v) is 11.9. The fraction of sp³-hybridized carbons (Fsp3) is 1.00. The van der Waals surface area contributed by atoms with Crippen LogP contribution in [0, 0.1) is 35.5 Å². The van der Waals surface area contributed by atoms with Crippen molar-refractivity contribution in [2.75, 3.05) is 14.2 Å². The summed E-state index contributed by atoms with van der Waals surface area (Å²) in [6.45, 7) is 2.31. The van der Waals surface area contributed by atoms with Gasteiger partial charge in [-0.25, -0.2) is 0 Å². The minimum absolute atomic E-state index is 0.797. The molecular weight excluding hydrogens is 288 g/mol. The Kier molecular flexibility index (Phi) is 4.19. The van der Waals surface area contributed by atoms with E-state index in [9.17, 15) is 0 Å². The van der Waals surface area contributed by atoms with Crippen LogP contribution in [0.5, 0.6) is 0 Å². The third-order valence-electron chi connectivity index (χ3n) is 8.07. The van der Waals surface area contributed by atoms with Crippen LogP contribution in [-0.2, 0) is 8.85 Å². The summed E-state index contributed by atoms with van der Waals surface area (Å²) in [7, 11) is 1.89. The van der Waals surface area contributed by atoms with Crippen LogP contribution in [-0.4, -0.2) is 22.8 Å². The fourth-order valence-corrected chi connectivity index (χ4v) is 11.7. The van der Waals surface area contributed by atoms with Crippen LogP contribution >= 0.6 is 0 Å². The molecule has 7 atom stereocenters. The summed E-state index contributed by atoms with van der Waals surface area (Å²) in [5.74, 6) is 6.03. The SMILES string of the molecule is CCC[Si](OC)(OC)C1C2CCC(C2)C1C1CC2CCC1C2. The van der Waals surface area contributed by atoms with Crippen molar-refractivity contribution in [1.29, 1.82) is 0 Å². The highest BCUT2D eigenvalue weighted by atomic mass is 28.4. The number of hydrogen-bond acceptors (Lipinski definition) is 2. The maximum Gasteiger partial charge on any atom is 0.341 e. The Balaban J connectivity index is 1.63. The van der Waals surface area contributed by atoms with E-state index in [1.54, 1.807) is 12.8 Å². The summed E-state index contributed by atoms with van der Waals surface area (Å²) in [5.41, 5.74) is 0.797. The molecular formula is C19H34O2Si. The van der Waals surface area contributed by atoms with Gasteiger partial charge in [0.25, 0.3) is 0 Å². The fourth-order valence-electron chi connectivity index (χ4n) is 7.44. The van der Waals surface area contributed by atoms with E-state index in [2.05, 4.69) is 6.92 Å². The first-order chi connectivity index (χ1) is 10.7. The molecule has 4 saturated carbocycles. The second-order valence-corrected chi connectivity index (χ2v) is 12.4. The van der Waals surface area contributed by atoms with Gasteiger partial charge in [0.1, 0.15) is 0 Å². The van der Waals surface area contributed by atoms with Crippen LogP contribution in [0.2, 0.25) is 11.6 Å². The van der Waals surface area contributed by atoms with Gasteiger partial charge in [-0.05, 0) is 80.1 Å². The van der Waals surface area contributed by atoms with E-state index in [0.29, 0.717) is 0 Å². The summed E-state index contributed by atoms with van der Waals surface area (Å²) >= 11 is 0. The van der Waals surface area contributed by atoms with Gasteiger partial charge < -0.3 is 8.85 Å². The van der Waals surface area contributed by atoms with E-state index in [1.807, 2.05) is 14.2 Å².